The van der Waals surface area contributed by atoms with Crippen LogP contribution in [-0.2, 0) is 6.54 Å². The van der Waals surface area contributed by atoms with E-state index in [4.69, 9.17) is 15.2 Å². The molecule has 0 radical (unpaired) electrons. The molecule has 3 heterocycles. The van der Waals surface area contributed by atoms with Crippen LogP contribution < -0.4 is 11.1 Å². The van der Waals surface area contributed by atoms with Crippen LogP contribution in [0.15, 0.2) is 34.9 Å². The number of nitrogens with zero attached hydrogens (tertiary/aromatic N) is 4. The first-order valence-electron chi connectivity index (χ1n) is 9.29. The molecule has 1 aromatic carbocycles. The summed E-state index contributed by atoms with van der Waals surface area (Å²) in [5.74, 6) is 1.74. The van der Waals surface area contributed by atoms with Gasteiger partial charge < -0.3 is 30.5 Å². The maximum atomic E-state index is 5.67. The van der Waals surface area contributed by atoms with Gasteiger partial charge in [-0.15, -0.1) is 37.2 Å². The van der Waals surface area contributed by atoms with Crippen molar-refractivity contribution in [3.63, 3.8) is 0 Å². The number of aromatic nitrogens is 3. The lowest BCUT2D eigenvalue weighted by molar-refractivity contribution is 0.224. The van der Waals surface area contributed by atoms with Crippen LogP contribution in [0.1, 0.15) is 24.3 Å². The maximum absolute atomic E-state index is 5.67. The molecule has 5 N–H and O–H groups in total. The molecule has 8 nitrogen and oxygen atoms in total. The van der Waals surface area contributed by atoms with Crippen molar-refractivity contribution in [2.45, 2.75) is 32.4 Å². The van der Waals surface area contributed by atoms with E-state index in [0.29, 0.717) is 12.6 Å². The normalized spacial score (nSPS) is 14.2. The number of hydrogen-bond donors (Lipinski definition) is 2. The van der Waals surface area contributed by atoms with Crippen LogP contribution in [0.4, 0.5) is 5.95 Å². The summed E-state index contributed by atoms with van der Waals surface area (Å²) in [7, 11) is 0. The molecule has 170 valence electrons. The third-order valence-electron chi connectivity index (χ3n) is 5.01. The highest BCUT2D eigenvalue weighted by Gasteiger charge is 2.21. The standard InChI is InChI=1S/C19H26N6O.3ClH.H2O/c1-14-12-16(26-23-14)13-25-18-5-3-2-4-17(18)22-19(25)21-15-6-9-24(10-7-15)11-8-20;;;;/h2-5,12,15H,6-11,13,20H2,1H3,(H,21,22);3*1H;1H2. The van der Waals surface area contributed by atoms with Crippen LogP contribution in [0.25, 0.3) is 11.0 Å². The lowest BCUT2D eigenvalue weighted by Gasteiger charge is -2.32. The van der Waals surface area contributed by atoms with Gasteiger partial charge in [0.05, 0.1) is 23.3 Å². The number of likely N-dealkylation sites (tertiary alicyclic amines) is 1. The molecule has 1 saturated heterocycles. The molecule has 30 heavy (non-hydrogen) atoms. The summed E-state index contributed by atoms with van der Waals surface area (Å²) < 4.78 is 7.61. The Kier molecular flexibility index (Phi) is 12.3. The zero-order chi connectivity index (χ0) is 17.9. The van der Waals surface area contributed by atoms with Crippen LogP contribution in [0, 0.1) is 6.92 Å². The topological polar surface area (TPSA) is 117 Å². The molecule has 0 bridgehead atoms. The third-order valence-corrected chi connectivity index (χ3v) is 5.01. The summed E-state index contributed by atoms with van der Waals surface area (Å²) in [5, 5.41) is 7.66. The first-order chi connectivity index (χ1) is 12.7. The van der Waals surface area contributed by atoms with Crippen molar-refractivity contribution < 1.29 is 10.00 Å². The van der Waals surface area contributed by atoms with Crippen molar-refractivity contribution in [1.82, 2.24) is 19.6 Å². The number of piperidine rings is 1. The average molecular weight is 482 g/mol. The fourth-order valence-corrected chi connectivity index (χ4v) is 3.66. The van der Waals surface area contributed by atoms with Crippen LogP contribution in [0.3, 0.4) is 0 Å². The molecule has 4 rings (SSSR count). The second kappa shape index (κ2) is 13.0. The number of para-hydroxylation sites is 2. The molecule has 2 aromatic heterocycles. The van der Waals surface area contributed by atoms with Gasteiger partial charge in [-0.05, 0) is 31.9 Å². The number of fused-ring (bicyclic) bond motifs is 1. The van der Waals surface area contributed by atoms with Crippen LogP contribution >= 0.6 is 37.2 Å². The molecule has 0 amide bonds. The molecular weight excluding hydrogens is 451 g/mol. The van der Waals surface area contributed by atoms with Gasteiger partial charge in [0.15, 0.2) is 5.76 Å². The fraction of sp³-hybridized carbons (Fsp3) is 0.474. The lowest BCUT2D eigenvalue weighted by atomic mass is 10.1. The SMILES string of the molecule is Cc1cc(Cn2c(NC3CCN(CCN)CC3)nc3ccccc32)on1.Cl.Cl.Cl.O. The average Bonchev–Trinajstić information content (AvgIpc) is 3.21. The van der Waals surface area contributed by atoms with E-state index in [1.165, 1.54) is 0 Å². The minimum atomic E-state index is 0. The summed E-state index contributed by atoms with van der Waals surface area (Å²) in [5.41, 5.74) is 8.66. The first kappa shape index (κ1) is 28.5. The summed E-state index contributed by atoms with van der Waals surface area (Å²) >= 11 is 0. The van der Waals surface area contributed by atoms with Crippen molar-refractivity contribution in [1.29, 1.82) is 0 Å². The monoisotopic (exact) mass is 480 g/mol. The molecule has 1 fully saturated rings. The Labute approximate surface area is 195 Å². The number of rotatable bonds is 6. The number of nitrogens with two attached hydrogens (primary N) is 1. The molecule has 1 aliphatic rings. The predicted octanol–water partition coefficient (Wildman–Crippen LogP) is 2.66. The zero-order valence-electron chi connectivity index (χ0n) is 16.9. The molecule has 0 saturated carbocycles. The third kappa shape index (κ3) is 6.47. The quantitative estimate of drug-likeness (QED) is 0.559. The van der Waals surface area contributed by atoms with E-state index in [1.54, 1.807) is 0 Å². The van der Waals surface area contributed by atoms with Gasteiger partial charge in [-0.25, -0.2) is 4.98 Å². The molecule has 11 heteroatoms. The van der Waals surface area contributed by atoms with Crippen molar-refractivity contribution in [3.05, 3.63) is 41.8 Å². The van der Waals surface area contributed by atoms with Gasteiger partial charge in [0, 0.05) is 38.3 Å². The second-order valence-corrected chi connectivity index (χ2v) is 6.99. The van der Waals surface area contributed by atoms with E-state index < -0.39 is 0 Å². The smallest absolute Gasteiger partial charge is 0.204 e. The number of nitrogens with one attached hydrogen (secondary N) is 1. The van der Waals surface area contributed by atoms with E-state index in [1.807, 2.05) is 31.2 Å². The highest BCUT2D eigenvalue weighted by atomic mass is 35.5. The Morgan fingerprint density at radius 2 is 1.87 bits per heavy atom. The maximum Gasteiger partial charge on any atom is 0.204 e. The van der Waals surface area contributed by atoms with Crippen molar-refractivity contribution in [2.75, 3.05) is 31.5 Å². The Morgan fingerprint density at radius 3 is 2.50 bits per heavy atom. The van der Waals surface area contributed by atoms with Gasteiger partial charge >= 0.3 is 0 Å². The van der Waals surface area contributed by atoms with E-state index in [2.05, 4.69) is 26.0 Å². The molecule has 0 unspecified atom stereocenters. The lowest BCUT2D eigenvalue weighted by Crippen LogP contribution is -2.41. The predicted molar refractivity (Wildman–Crippen MR) is 128 cm³/mol. The van der Waals surface area contributed by atoms with Crippen LogP contribution in [0.2, 0.25) is 0 Å². The number of imidazole rings is 1. The molecule has 0 spiro atoms. The Morgan fingerprint density at radius 1 is 1.17 bits per heavy atom. The Balaban J connectivity index is 0.00000210. The number of hydrogen-bond acceptors (Lipinski definition) is 6. The van der Waals surface area contributed by atoms with Gasteiger partial charge in [0.2, 0.25) is 5.95 Å². The number of aryl methyl sites for hydroxylation is 1. The molecule has 0 atom stereocenters. The number of halogens is 3. The second-order valence-electron chi connectivity index (χ2n) is 6.99. The largest absolute Gasteiger partial charge is 0.412 e. The first-order valence-corrected chi connectivity index (χ1v) is 9.29. The summed E-state index contributed by atoms with van der Waals surface area (Å²) in [6, 6.07) is 10.6. The zero-order valence-corrected chi connectivity index (χ0v) is 19.4. The van der Waals surface area contributed by atoms with E-state index in [0.717, 1.165) is 67.5 Å². The number of anilines is 1. The summed E-state index contributed by atoms with van der Waals surface area (Å²) in [6.07, 6.45) is 2.20. The Bertz CT molecular complexity index is 880. The van der Waals surface area contributed by atoms with Gasteiger partial charge in [0.25, 0.3) is 0 Å². The van der Waals surface area contributed by atoms with Gasteiger partial charge in [-0.2, -0.15) is 0 Å². The summed E-state index contributed by atoms with van der Waals surface area (Å²) in [6.45, 7) is 6.43. The van der Waals surface area contributed by atoms with Crippen molar-refractivity contribution in [2.24, 2.45) is 5.73 Å². The van der Waals surface area contributed by atoms with Gasteiger partial charge in [-0.3, -0.25) is 0 Å². The van der Waals surface area contributed by atoms with Crippen molar-refractivity contribution >= 4 is 54.2 Å². The minimum absolute atomic E-state index is 0. The van der Waals surface area contributed by atoms with Gasteiger partial charge in [0.1, 0.15) is 0 Å². The number of benzene rings is 1. The molecule has 3 aromatic rings. The Hall–Kier alpha value is -1.55. The highest BCUT2D eigenvalue weighted by molar-refractivity contribution is 5.86. The fourth-order valence-electron chi connectivity index (χ4n) is 3.66. The van der Waals surface area contributed by atoms with E-state index >= 15 is 0 Å². The van der Waals surface area contributed by atoms with Gasteiger partial charge in [-0.1, -0.05) is 17.3 Å². The molecule has 1 aliphatic heterocycles. The van der Waals surface area contributed by atoms with E-state index in [9.17, 15) is 0 Å². The highest BCUT2D eigenvalue weighted by Crippen LogP contribution is 2.24. The van der Waals surface area contributed by atoms with Crippen LogP contribution in [0.5, 0.6) is 0 Å². The molecule has 0 aliphatic carbocycles. The minimum Gasteiger partial charge on any atom is -0.412 e. The van der Waals surface area contributed by atoms with Crippen molar-refractivity contribution in [3.8, 4) is 0 Å². The van der Waals surface area contributed by atoms with Crippen LogP contribution in [-0.4, -0.2) is 57.3 Å². The summed E-state index contributed by atoms with van der Waals surface area (Å²) in [4.78, 5) is 7.25. The van der Waals surface area contributed by atoms with E-state index in [-0.39, 0.29) is 42.7 Å². The molecular formula is C19H31Cl3N6O2.